The molecule has 6 rings (SSSR count). The van der Waals surface area contributed by atoms with Crippen molar-refractivity contribution < 1.29 is 19.4 Å². The molecule has 0 bridgehead atoms. The van der Waals surface area contributed by atoms with Gasteiger partial charge in [-0.05, 0) is 92.4 Å². The molecule has 1 N–H and O–H groups in total. The van der Waals surface area contributed by atoms with Crippen LogP contribution in [0.4, 0.5) is 0 Å². The van der Waals surface area contributed by atoms with Gasteiger partial charge in [0.2, 0.25) is 0 Å². The summed E-state index contributed by atoms with van der Waals surface area (Å²) in [6, 6.07) is 6.27. The molecule has 3 saturated carbocycles. The Balaban J connectivity index is 1.54. The topological polar surface area (TPSA) is 63.6 Å². The van der Waals surface area contributed by atoms with Crippen LogP contribution >= 0.6 is 11.8 Å². The van der Waals surface area contributed by atoms with Gasteiger partial charge in [0.15, 0.2) is 11.6 Å². The van der Waals surface area contributed by atoms with Gasteiger partial charge in [-0.1, -0.05) is 19.1 Å². The van der Waals surface area contributed by atoms with E-state index in [0.717, 1.165) is 44.1 Å². The Bertz CT molecular complexity index is 1080. The largest absolute Gasteiger partial charge is 0.387 e. The number of Topliss-reactive ketones (excluding diaryl/α,β-unsaturated/α-hetero) is 1. The zero-order chi connectivity index (χ0) is 23.2. The van der Waals surface area contributed by atoms with E-state index < -0.39 is 5.60 Å². The maximum absolute atomic E-state index is 12.4. The Morgan fingerprint density at radius 3 is 2.82 bits per heavy atom. The fourth-order valence-corrected chi connectivity index (χ4v) is 10.6. The summed E-state index contributed by atoms with van der Waals surface area (Å²) in [7, 11) is 1.70. The highest BCUT2D eigenvalue weighted by molar-refractivity contribution is 8.01. The highest BCUT2D eigenvalue weighted by Crippen LogP contribution is 2.73. The van der Waals surface area contributed by atoms with E-state index in [1.807, 2.05) is 23.9 Å². The summed E-state index contributed by atoms with van der Waals surface area (Å²) >= 11 is 1.95. The normalized spacial score (nSPS) is 43.2. The summed E-state index contributed by atoms with van der Waals surface area (Å²) in [5.74, 6) is 2.19. The quantitative estimate of drug-likeness (QED) is 0.610. The SMILES string of the molecule is COC[C@]1(O)CC[C@H]2[C@@H]3CCC4=CC(=O)CC[C@@]45Sc4cc(C(C)=O)ccc4[C@@H](C[C@@]21C)[C@@H]35. The van der Waals surface area contributed by atoms with Crippen molar-refractivity contribution in [3.8, 4) is 0 Å². The first kappa shape index (κ1) is 22.1. The first-order valence-electron chi connectivity index (χ1n) is 12.5. The molecule has 0 unspecified atom stereocenters. The first-order valence-corrected chi connectivity index (χ1v) is 13.3. The third kappa shape index (κ3) is 2.85. The van der Waals surface area contributed by atoms with Gasteiger partial charge in [-0.2, -0.15) is 0 Å². The monoisotopic (exact) mass is 466 g/mol. The Kier molecular flexibility index (Phi) is 4.87. The van der Waals surface area contributed by atoms with Gasteiger partial charge in [0.25, 0.3) is 0 Å². The van der Waals surface area contributed by atoms with E-state index in [0.29, 0.717) is 36.7 Å². The Hall–Kier alpha value is -1.43. The fraction of sp³-hybridized carbons (Fsp3) is 0.643. The van der Waals surface area contributed by atoms with Crippen LogP contribution in [0.5, 0.6) is 0 Å². The van der Waals surface area contributed by atoms with Crippen LogP contribution in [-0.4, -0.2) is 40.7 Å². The van der Waals surface area contributed by atoms with Crippen LogP contribution in [0.3, 0.4) is 0 Å². The van der Waals surface area contributed by atoms with Crippen LogP contribution in [0.2, 0.25) is 0 Å². The maximum Gasteiger partial charge on any atom is 0.159 e. The summed E-state index contributed by atoms with van der Waals surface area (Å²) in [6.07, 6.45) is 8.35. The molecule has 1 heterocycles. The first-order chi connectivity index (χ1) is 15.7. The van der Waals surface area contributed by atoms with E-state index >= 15 is 0 Å². The predicted octanol–water partition coefficient (Wildman–Crippen LogP) is 5.33. The minimum absolute atomic E-state index is 0.0484. The summed E-state index contributed by atoms with van der Waals surface area (Å²) in [5, 5.41) is 11.8. The number of thioether (sulfide) groups is 1. The molecule has 1 spiro atoms. The van der Waals surface area contributed by atoms with Crippen molar-refractivity contribution >= 4 is 23.3 Å². The molecule has 1 aliphatic heterocycles. The summed E-state index contributed by atoms with van der Waals surface area (Å²) in [4.78, 5) is 25.8. The van der Waals surface area contributed by atoms with Crippen LogP contribution in [0.25, 0.3) is 0 Å². The Morgan fingerprint density at radius 1 is 1.24 bits per heavy atom. The average Bonchev–Trinajstić information content (AvgIpc) is 3.04. The van der Waals surface area contributed by atoms with Crippen molar-refractivity contribution in [3.05, 3.63) is 41.0 Å². The van der Waals surface area contributed by atoms with E-state index in [-0.39, 0.29) is 21.7 Å². The molecular weight excluding hydrogens is 432 g/mol. The van der Waals surface area contributed by atoms with Gasteiger partial charge < -0.3 is 9.84 Å². The number of hydrogen-bond acceptors (Lipinski definition) is 5. The molecule has 7 atom stereocenters. The smallest absolute Gasteiger partial charge is 0.159 e. The second-order valence-electron chi connectivity index (χ2n) is 11.5. The van der Waals surface area contributed by atoms with Gasteiger partial charge in [-0.15, -0.1) is 11.8 Å². The molecule has 0 radical (unpaired) electrons. The fourth-order valence-electron chi connectivity index (χ4n) is 8.71. The van der Waals surface area contributed by atoms with E-state index in [4.69, 9.17) is 4.74 Å². The van der Waals surface area contributed by atoms with Gasteiger partial charge in [0.1, 0.15) is 0 Å². The van der Waals surface area contributed by atoms with E-state index in [2.05, 4.69) is 19.1 Å². The molecule has 0 saturated heterocycles. The summed E-state index contributed by atoms with van der Waals surface area (Å²) in [6.45, 7) is 4.33. The van der Waals surface area contributed by atoms with Gasteiger partial charge in [-0.3, -0.25) is 9.59 Å². The molecule has 33 heavy (non-hydrogen) atoms. The van der Waals surface area contributed by atoms with Crippen LogP contribution in [0.15, 0.2) is 34.7 Å². The molecule has 3 fully saturated rings. The van der Waals surface area contributed by atoms with Crippen molar-refractivity contribution in [2.45, 2.75) is 80.0 Å². The number of hydrogen-bond donors (Lipinski definition) is 1. The summed E-state index contributed by atoms with van der Waals surface area (Å²) in [5.41, 5.74) is 2.45. The van der Waals surface area contributed by atoms with Crippen LogP contribution < -0.4 is 0 Å². The van der Waals surface area contributed by atoms with Crippen molar-refractivity contribution in [3.63, 3.8) is 0 Å². The molecule has 0 amide bonds. The lowest BCUT2D eigenvalue weighted by molar-refractivity contribution is -0.149. The highest BCUT2D eigenvalue weighted by atomic mass is 32.2. The highest BCUT2D eigenvalue weighted by Gasteiger charge is 2.68. The van der Waals surface area contributed by atoms with Crippen LogP contribution in [0.1, 0.15) is 80.6 Å². The third-order valence-electron chi connectivity index (χ3n) is 10.2. The molecule has 5 heteroatoms. The number of ketones is 2. The number of fused-ring (bicyclic) bond motifs is 4. The number of methoxy groups -OCH3 is 1. The van der Waals surface area contributed by atoms with Crippen molar-refractivity contribution in [2.24, 2.45) is 23.2 Å². The lowest BCUT2D eigenvalue weighted by Crippen LogP contribution is -2.61. The van der Waals surface area contributed by atoms with E-state index in [1.54, 1.807) is 14.0 Å². The van der Waals surface area contributed by atoms with E-state index in [1.165, 1.54) is 16.0 Å². The second kappa shape index (κ2) is 7.29. The van der Waals surface area contributed by atoms with Crippen molar-refractivity contribution in [1.29, 1.82) is 0 Å². The second-order valence-corrected chi connectivity index (χ2v) is 12.9. The number of benzene rings is 1. The standard InChI is InChI=1S/C28H34O4S/c1-16(29)17-4-6-20-22-14-26(2)23(9-10-27(26,31)15-32-3)21-7-5-18-13-19(30)8-11-28(18,25(21)22)33-24(20)12-17/h4,6,12-13,21-23,25,31H,5,7-11,14-15H2,1-3H3/t21-,22+,23-,25+,26-,27+,28+/m0/s1. The number of carbonyl (C=O) groups is 2. The van der Waals surface area contributed by atoms with Gasteiger partial charge >= 0.3 is 0 Å². The minimum atomic E-state index is -0.798. The molecular formula is C28H34O4S. The lowest BCUT2D eigenvalue weighted by Gasteiger charge is -2.64. The molecule has 4 nitrogen and oxygen atoms in total. The van der Waals surface area contributed by atoms with Crippen LogP contribution in [0, 0.1) is 23.2 Å². The maximum atomic E-state index is 12.4. The molecule has 176 valence electrons. The third-order valence-corrected chi connectivity index (χ3v) is 11.9. The Labute approximate surface area is 200 Å². The number of rotatable bonds is 3. The molecule has 1 aromatic rings. The molecule has 4 aliphatic carbocycles. The number of carbonyl (C=O) groups excluding carboxylic acids is 2. The number of ether oxygens (including phenoxy) is 1. The summed E-state index contributed by atoms with van der Waals surface area (Å²) < 4.78 is 5.50. The van der Waals surface area contributed by atoms with Crippen molar-refractivity contribution in [2.75, 3.05) is 13.7 Å². The zero-order valence-corrected chi connectivity index (χ0v) is 20.7. The predicted molar refractivity (Wildman–Crippen MR) is 129 cm³/mol. The zero-order valence-electron chi connectivity index (χ0n) is 19.9. The van der Waals surface area contributed by atoms with Crippen molar-refractivity contribution in [1.82, 2.24) is 0 Å². The van der Waals surface area contributed by atoms with Gasteiger partial charge in [0, 0.05) is 34.2 Å². The van der Waals surface area contributed by atoms with E-state index in [9.17, 15) is 14.7 Å². The van der Waals surface area contributed by atoms with Gasteiger partial charge in [-0.25, -0.2) is 0 Å². The lowest BCUT2D eigenvalue weighted by atomic mass is 9.46. The van der Waals surface area contributed by atoms with Crippen LogP contribution in [-0.2, 0) is 9.53 Å². The number of aliphatic hydroxyl groups is 1. The minimum Gasteiger partial charge on any atom is -0.387 e. The van der Waals surface area contributed by atoms with Gasteiger partial charge in [0.05, 0.1) is 12.2 Å². The Morgan fingerprint density at radius 2 is 2.06 bits per heavy atom. The molecule has 5 aliphatic rings. The average molecular weight is 467 g/mol. The molecule has 1 aromatic carbocycles. The molecule has 0 aromatic heterocycles.